The molecule has 2 aromatic rings. The number of halogens is 3. The van der Waals surface area contributed by atoms with E-state index < -0.39 is 5.82 Å². The molecule has 0 aliphatic rings. The third kappa shape index (κ3) is 2.60. The van der Waals surface area contributed by atoms with Crippen molar-refractivity contribution in [3.8, 4) is 0 Å². The van der Waals surface area contributed by atoms with Gasteiger partial charge in [0.1, 0.15) is 5.82 Å². The van der Waals surface area contributed by atoms with Crippen molar-refractivity contribution in [1.29, 1.82) is 0 Å². The third-order valence-electron chi connectivity index (χ3n) is 1.68. The lowest BCUT2D eigenvalue weighted by Crippen LogP contribution is -1.93. The molecule has 0 saturated heterocycles. The van der Waals surface area contributed by atoms with Crippen molar-refractivity contribution in [3.63, 3.8) is 0 Å². The highest BCUT2D eigenvalue weighted by molar-refractivity contribution is 9.10. The van der Waals surface area contributed by atoms with Crippen LogP contribution in [0, 0.1) is 9.77 Å². The molecule has 16 heavy (non-hydrogen) atoms. The molecule has 0 aliphatic carbocycles. The van der Waals surface area contributed by atoms with Gasteiger partial charge in [-0.1, -0.05) is 22.9 Å². The molecule has 3 nitrogen and oxygen atoms in total. The molecule has 0 atom stereocenters. The summed E-state index contributed by atoms with van der Waals surface area (Å²) in [5, 5.41) is 10.3. The van der Waals surface area contributed by atoms with Crippen molar-refractivity contribution in [2.45, 2.75) is 0 Å². The topological polar surface area (TPSA) is 40.7 Å². The minimum absolute atomic E-state index is 0.271. The largest absolute Gasteiger partial charge is 0.328 e. The van der Waals surface area contributed by atoms with Crippen LogP contribution >= 0.6 is 51.1 Å². The van der Waals surface area contributed by atoms with Crippen molar-refractivity contribution in [1.82, 2.24) is 10.2 Å². The Morgan fingerprint density at radius 2 is 2.31 bits per heavy atom. The number of nitrogens with one attached hydrogen (secondary N) is 2. The average Bonchev–Trinajstić information content (AvgIpc) is 2.58. The second-order valence-electron chi connectivity index (χ2n) is 2.79. The summed E-state index contributed by atoms with van der Waals surface area (Å²) in [7, 11) is 0. The van der Waals surface area contributed by atoms with Crippen molar-refractivity contribution < 1.29 is 4.39 Å². The lowest BCUT2D eigenvalue weighted by Gasteiger charge is -2.07. The summed E-state index contributed by atoms with van der Waals surface area (Å²) in [6.45, 7) is 0. The normalized spacial score (nSPS) is 10.4. The number of rotatable bonds is 2. The zero-order valence-electron chi connectivity index (χ0n) is 7.55. The summed E-state index contributed by atoms with van der Waals surface area (Å²) in [5.41, 5.74) is 0.556. The molecule has 1 heterocycles. The number of aromatic amines is 1. The fourth-order valence-corrected chi connectivity index (χ4v) is 2.74. The van der Waals surface area contributed by atoms with E-state index in [1.807, 2.05) is 0 Å². The summed E-state index contributed by atoms with van der Waals surface area (Å²) in [5.74, 6) is -0.405. The van der Waals surface area contributed by atoms with Crippen molar-refractivity contribution in [3.05, 3.63) is 31.4 Å². The quantitative estimate of drug-likeness (QED) is 0.791. The van der Waals surface area contributed by atoms with Gasteiger partial charge in [0.25, 0.3) is 0 Å². The minimum atomic E-state index is -0.405. The van der Waals surface area contributed by atoms with Crippen LogP contribution in [0.4, 0.5) is 15.2 Å². The van der Waals surface area contributed by atoms with Crippen LogP contribution in [0.1, 0.15) is 0 Å². The average molecular weight is 341 g/mol. The molecular formula is C8H4BrClFN3S2. The van der Waals surface area contributed by atoms with Gasteiger partial charge in [-0.05, 0) is 40.3 Å². The lowest BCUT2D eigenvalue weighted by molar-refractivity contribution is 0.627. The van der Waals surface area contributed by atoms with Crippen LogP contribution in [-0.2, 0) is 0 Å². The van der Waals surface area contributed by atoms with Gasteiger partial charge in [-0.15, -0.1) is 5.10 Å². The molecule has 2 rings (SSSR count). The number of aromatic nitrogens is 2. The fraction of sp³-hybridized carbons (Fsp3) is 0. The molecule has 0 aliphatic heterocycles. The van der Waals surface area contributed by atoms with Crippen LogP contribution < -0.4 is 5.32 Å². The van der Waals surface area contributed by atoms with Gasteiger partial charge in [0.15, 0.2) is 3.95 Å². The molecule has 0 saturated carbocycles. The van der Waals surface area contributed by atoms with Crippen molar-refractivity contribution in [2.24, 2.45) is 0 Å². The molecule has 8 heteroatoms. The van der Waals surface area contributed by atoms with Gasteiger partial charge in [-0.3, -0.25) is 5.10 Å². The number of hydrogen-bond acceptors (Lipinski definition) is 4. The Balaban J connectivity index is 2.38. The van der Waals surface area contributed by atoms with Crippen molar-refractivity contribution >= 4 is 61.9 Å². The molecule has 0 radical (unpaired) electrons. The molecular weight excluding hydrogens is 337 g/mol. The summed E-state index contributed by atoms with van der Waals surface area (Å²) < 4.78 is 14.1. The Morgan fingerprint density at radius 1 is 1.56 bits per heavy atom. The Hall–Kier alpha value is -0.500. The van der Waals surface area contributed by atoms with Crippen LogP contribution in [0.25, 0.3) is 0 Å². The predicted octanol–water partition coefficient (Wildman–Crippen LogP) is 4.50. The summed E-state index contributed by atoms with van der Waals surface area (Å²) in [4.78, 5) is 0. The van der Waals surface area contributed by atoms with E-state index >= 15 is 0 Å². The second-order valence-corrected chi connectivity index (χ2v) is 5.71. The van der Waals surface area contributed by atoms with Gasteiger partial charge in [0, 0.05) is 4.47 Å². The maximum Gasteiger partial charge on any atom is 0.208 e. The van der Waals surface area contributed by atoms with Crippen LogP contribution in [-0.4, -0.2) is 10.2 Å². The first-order chi connectivity index (χ1) is 7.56. The molecule has 2 N–H and O–H groups in total. The van der Waals surface area contributed by atoms with E-state index in [4.69, 9.17) is 23.8 Å². The smallest absolute Gasteiger partial charge is 0.208 e. The Labute approximate surface area is 113 Å². The minimum Gasteiger partial charge on any atom is -0.328 e. The van der Waals surface area contributed by atoms with Crippen LogP contribution in [0.2, 0.25) is 5.02 Å². The standard InChI is InChI=1S/C8H4BrClFN3S2/c9-4-1-3(11)2-5(10)6(4)12-7-13-14-8(15)16-7/h1-2H,(H,12,13)(H,14,15). The molecule has 0 fully saturated rings. The van der Waals surface area contributed by atoms with Gasteiger partial charge < -0.3 is 5.32 Å². The van der Waals surface area contributed by atoms with E-state index in [2.05, 4.69) is 31.4 Å². The number of nitrogens with zero attached hydrogens (tertiary/aromatic N) is 1. The van der Waals surface area contributed by atoms with Crippen LogP contribution in [0.3, 0.4) is 0 Å². The van der Waals surface area contributed by atoms with E-state index in [-0.39, 0.29) is 5.02 Å². The molecule has 0 bridgehead atoms. The summed E-state index contributed by atoms with van der Waals surface area (Å²) in [6, 6.07) is 2.54. The first kappa shape index (κ1) is 12.0. The molecule has 0 unspecified atom stereocenters. The molecule has 1 aromatic heterocycles. The first-order valence-corrected chi connectivity index (χ1v) is 6.43. The van der Waals surface area contributed by atoms with Gasteiger partial charge in [0.2, 0.25) is 5.13 Å². The van der Waals surface area contributed by atoms with E-state index in [1.165, 1.54) is 23.5 Å². The monoisotopic (exact) mass is 339 g/mol. The Bertz CT molecular complexity index is 560. The second kappa shape index (κ2) is 4.79. The zero-order chi connectivity index (χ0) is 11.7. The van der Waals surface area contributed by atoms with E-state index in [0.717, 1.165) is 0 Å². The number of benzene rings is 1. The highest BCUT2D eigenvalue weighted by Crippen LogP contribution is 2.34. The predicted molar refractivity (Wildman–Crippen MR) is 69.7 cm³/mol. The van der Waals surface area contributed by atoms with E-state index in [0.29, 0.717) is 19.2 Å². The lowest BCUT2D eigenvalue weighted by atomic mass is 10.3. The Kier molecular flexibility index (Phi) is 3.58. The third-order valence-corrected chi connectivity index (χ3v) is 3.61. The number of hydrogen-bond donors (Lipinski definition) is 2. The van der Waals surface area contributed by atoms with Gasteiger partial charge in [0.05, 0.1) is 10.7 Å². The maximum absolute atomic E-state index is 13.0. The first-order valence-electron chi connectivity index (χ1n) is 4.03. The fourth-order valence-electron chi connectivity index (χ4n) is 1.05. The van der Waals surface area contributed by atoms with Crippen molar-refractivity contribution in [2.75, 3.05) is 5.32 Å². The number of anilines is 2. The maximum atomic E-state index is 13.0. The van der Waals surface area contributed by atoms with E-state index in [1.54, 1.807) is 0 Å². The molecule has 0 amide bonds. The Morgan fingerprint density at radius 3 is 2.88 bits per heavy atom. The SMILES string of the molecule is Fc1cc(Cl)c(Nc2n[nH]c(=S)s2)c(Br)c1. The molecule has 0 spiro atoms. The van der Waals surface area contributed by atoms with Crippen LogP contribution in [0.5, 0.6) is 0 Å². The summed E-state index contributed by atoms with van der Waals surface area (Å²) >= 11 is 15.3. The van der Waals surface area contributed by atoms with Crippen LogP contribution in [0.15, 0.2) is 16.6 Å². The molecule has 1 aromatic carbocycles. The van der Waals surface area contributed by atoms with E-state index in [9.17, 15) is 4.39 Å². The molecule has 84 valence electrons. The van der Waals surface area contributed by atoms with Gasteiger partial charge in [-0.25, -0.2) is 4.39 Å². The summed E-state index contributed by atoms with van der Waals surface area (Å²) in [6.07, 6.45) is 0. The highest BCUT2D eigenvalue weighted by Gasteiger charge is 2.09. The van der Waals surface area contributed by atoms with Gasteiger partial charge >= 0.3 is 0 Å². The van der Waals surface area contributed by atoms with Gasteiger partial charge in [-0.2, -0.15) is 0 Å². The number of H-pyrrole nitrogens is 1. The highest BCUT2D eigenvalue weighted by atomic mass is 79.9. The zero-order valence-corrected chi connectivity index (χ0v) is 11.5.